The Bertz CT molecular complexity index is 939. The van der Waals surface area contributed by atoms with Crippen LogP contribution in [0.2, 0.25) is 0 Å². The second-order valence-electron chi connectivity index (χ2n) is 6.55. The average molecular weight is 394 g/mol. The summed E-state index contributed by atoms with van der Waals surface area (Å²) < 4.78 is 12.9. The van der Waals surface area contributed by atoms with E-state index in [-0.39, 0.29) is 11.9 Å². The SMILES string of the molecule is CCOc1ccc(C(=O)N(C)C(C)c2ccc(-n3cncn3)cc2)cc1OCC. The van der Waals surface area contributed by atoms with E-state index in [0.717, 1.165) is 11.3 Å². The highest BCUT2D eigenvalue weighted by molar-refractivity contribution is 5.95. The molecule has 29 heavy (non-hydrogen) atoms. The number of nitrogens with zero attached hydrogens (tertiary/aromatic N) is 4. The van der Waals surface area contributed by atoms with Crippen LogP contribution in [0.1, 0.15) is 42.7 Å². The van der Waals surface area contributed by atoms with Gasteiger partial charge in [-0.15, -0.1) is 0 Å². The third kappa shape index (κ3) is 4.56. The Morgan fingerprint density at radius 2 is 1.76 bits per heavy atom. The minimum absolute atomic E-state index is 0.0816. The van der Waals surface area contributed by atoms with E-state index in [0.29, 0.717) is 30.3 Å². The van der Waals surface area contributed by atoms with Gasteiger partial charge in [0.15, 0.2) is 11.5 Å². The van der Waals surface area contributed by atoms with Gasteiger partial charge in [0, 0.05) is 12.6 Å². The fourth-order valence-electron chi connectivity index (χ4n) is 3.03. The maximum Gasteiger partial charge on any atom is 0.254 e. The predicted octanol–water partition coefficient (Wildman–Crippen LogP) is 3.90. The normalized spacial score (nSPS) is 11.7. The summed E-state index contributed by atoms with van der Waals surface area (Å²) in [6.45, 7) is 6.86. The summed E-state index contributed by atoms with van der Waals surface area (Å²) in [6, 6.07) is 13.1. The summed E-state index contributed by atoms with van der Waals surface area (Å²) in [5.41, 5.74) is 2.51. The molecule has 0 bridgehead atoms. The highest BCUT2D eigenvalue weighted by Crippen LogP contribution is 2.30. The first-order valence-electron chi connectivity index (χ1n) is 9.66. The topological polar surface area (TPSA) is 69.5 Å². The molecule has 0 aliphatic carbocycles. The lowest BCUT2D eigenvalue weighted by atomic mass is 10.1. The van der Waals surface area contributed by atoms with Gasteiger partial charge in [-0.05, 0) is 56.7 Å². The third-order valence-corrected chi connectivity index (χ3v) is 4.75. The van der Waals surface area contributed by atoms with Crippen LogP contribution >= 0.6 is 0 Å². The molecule has 0 spiro atoms. The molecule has 0 aliphatic heterocycles. The van der Waals surface area contributed by atoms with E-state index in [9.17, 15) is 4.79 Å². The van der Waals surface area contributed by atoms with Crippen LogP contribution < -0.4 is 9.47 Å². The van der Waals surface area contributed by atoms with Gasteiger partial charge >= 0.3 is 0 Å². The Morgan fingerprint density at radius 3 is 2.38 bits per heavy atom. The van der Waals surface area contributed by atoms with Gasteiger partial charge < -0.3 is 14.4 Å². The molecule has 3 rings (SSSR count). The maximum atomic E-state index is 13.0. The van der Waals surface area contributed by atoms with E-state index in [4.69, 9.17) is 9.47 Å². The molecule has 1 atom stereocenters. The second-order valence-corrected chi connectivity index (χ2v) is 6.55. The Morgan fingerprint density at radius 1 is 1.07 bits per heavy atom. The number of hydrogen-bond donors (Lipinski definition) is 0. The lowest BCUT2D eigenvalue weighted by molar-refractivity contribution is 0.0742. The molecule has 0 fully saturated rings. The molecule has 7 nitrogen and oxygen atoms in total. The summed E-state index contributed by atoms with van der Waals surface area (Å²) in [5, 5.41) is 4.13. The summed E-state index contributed by atoms with van der Waals surface area (Å²) >= 11 is 0. The van der Waals surface area contributed by atoms with Crippen molar-refractivity contribution in [2.75, 3.05) is 20.3 Å². The average Bonchev–Trinajstić information content (AvgIpc) is 3.29. The second kappa shape index (κ2) is 9.23. The quantitative estimate of drug-likeness (QED) is 0.580. The Balaban J connectivity index is 1.77. The monoisotopic (exact) mass is 394 g/mol. The standard InChI is InChI=1S/C22H26N4O3/c1-5-28-20-12-9-18(13-21(20)29-6-2)22(27)25(4)16(3)17-7-10-19(11-8-17)26-15-23-14-24-26/h7-16H,5-6H2,1-4H3. The third-order valence-electron chi connectivity index (χ3n) is 4.75. The zero-order valence-corrected chi connectivity index (χ0v) is 17.2. The number of hydrogen-bond acceptors (Lipinski definition) is 5. The Labute approximate surface area is 170 Å². The van der Waals surface area contributed by atoms with Crippen molar-refractivity contribution >= 4 is 5.91 Å². The lowest BCUT2D eigenvalue weighted by Crippen LogP contribution is -2.29. The number of rotatable bonds is 8. The van der Waals surface area contributed by atoms with Crippen LogP contribution in [0.4, 0.5) is 0 Å². The number of carbonyl (C=O) groups is 1. The number of amides is 1. The molecule has 0 aliphatic rings. The minimum Gasteiger partial charge on any atom is -0.490 e. The molecule has 3 aromatic rings. The molecule has 7 heteroatoms. The fourth-order valence-corrected chi connectivity index (χ4v) is 3.03. The lowest BCUT2D eigenvalue weighted by Gasteiger charge is -2.26. The number of aromatic nitrogens is 3. The van der Waals surface area contributed by atoms with Gasteiger partial charge in [0.05, 0.1) is 24.9 Å². The number of benzene rings is 2. The molecule has 152 valence electrons. The van der Waals surface area contributed by atoms with Crippen LogP contribution in [-0.2, 0) is 0 Å². The molecule has 0 saturated heterocycles. The predicted molar refractivity (Wildman–Crippen MR) is 111 cm³/mol. The highest BCUT2D eigenvalue weighted by Gasteiger charge is 2.20. The zero-order chi connectivity index (χ0) is 20.8. The van der Waals surface area contributed by atoms with Crippen molar-refractivity contribution in [2.24, 2.45) is 0 Å². The summed E-state index contributed by atoms with van der Waals surface area (Å²) in [6.07, 6.45) is 3.15. The van der Waals surface area contributed by atoms with E-state index in [1.807, 2.05) is 45.0 Å². The van der Waals surface area contributed by atoms with Crippen LogP contribution in [0, 0.1) is 0 Å². The molecule has 0 radical (unpaired) electrons. The van der Waals surface area contributed by atoms with Crippen LogP contribution in [0.15, 0.2) is 55.1 Å². The van der Waals surface area contributed by atoms with Crippen molar-refractivity contribution in [3.05, 3.63) is 66.2 Å². The first-order chi connectivity index (χ1) is 14.0. The van der Waals surface area contributed by atoms with Gasteiger partial charge in [0.2, 0.25) is 0 Å². The molecule has 1 aromatic heterocycles. The molecule has 1 heterocycles. The van der Waals surface area contributed by atoms with Crippen molar-refractivity contribution in [1.29, 1.82) is 0 Å². The number of ether oxygens (including phenoxy) is 2. The molecule has 0 saturated carbocycles. The zero-order valence-electron chi connectivity index (χ0n) is 17.2. The summed E-state index contributed by atoms with van der Waals surface area (Å²) in [7, 11) is 1.80. The Hall–Kier alpha value is -3.35. The minimum atomic E-state index is -0.102. The Kier molecular flexibility index (Phi) is 6.49. The van der Waals surface area contributed by atoms with Crippen molar-refractivity contribution in [3.63, 3.8) is 0 Å². The van der Waals surface area contributed by atoms with Crippen molar-refractivity contribution < 1.29 is 14.3 Å². The van der Waals surface area contributed by atoms with Crippen LogP contribution in [0.25, 0.3) is 5.69 Å². The largest absolute Gasteiger partial charge is 0.490 e. The fraction of sp³-hybridized carbons (Fsp3) is 0.318. The van der Waals surface area contributed by atoms with Crippen LogP contribution in [0.3, 0.4) is 0 Å². The number of carbonyl (C=O) groups excluding carboxylic acids is 1. The molecule has 1 unspecified atom stereocenters. The van der Waals surface area contributed by atoms with Crippen molar-refractivity contribution in [3.8, 4) is 17.2 Å². The maximum absolute atomic E-state index is 13.0. The van der Waals surface area contributed by atoms with Gasteiger partial charge in [-0.1, -0.05) is 12.1 Å². The van der Waals surface area contributed by atoms with E-state index in [1.54, 1.807) is 41.2 Å². The van der Waals surface area contributed by atoms with Crippen molar-refractivity contribution in [1.82, 2.24) is 19.7 Å². The van der Waals surface area contributed by atoms with Gasteiger partial charge in [0.25, 0.3) is 5.91 Å². The smallest absolute Gasteiger partial charge is 0.254 e. The van der Waals surface area contributed by atoms with Gasteiger partial charge in [-0.25, -0.2) is 9.67 Å². The molecule has 0 N–H and O–H groups in total. The van der Waals surface area contributed by atoms with Gasteiger partial charge in [0.1, 0.15) is 12.7 Å². The first kappa shape index (κ1) is 20.4. The molecular weight excluding hydrogens is 368 g/mol. The molecule has 1 amide bonds. The van der Waals surface area contributed by atoms with Gasteiger partial charge in [-0.3, -0.25) is 4.79 Å². The first-order valence-corrected chi connectivity index (χ1v) is 9.66. The highest BCUT2D eigenvalue weighted by atomic mass is 16.5. The van der Waals surface area contributed by atoms with E-state index in [1.165, 1.54) is 6.33 Å². The van der Waals surface area contributed by atoms with Crippen molar-refractivity contribution in [2.45, 2.75) is 26.8 Å². The van der Waals surface area contributed by atoms with E-state index in [2.05, 4.69) is 10.1 Å². The van der Waals surface area contributed by atoms with E-state index < -0.39 is 0 Å². The van der Waals surface area contributed by atoms with Crippen LogP contribution in [-0.4, -0.2) is 45.8 Å². The molecular formula is C22H26N4O3. The molecule has 2 aromatic carbocycles. The van der Waals surface area contributed by atoms with E-state index >= 15 is 0 Å². The summed E-state index contributed by atoms with van der Waals surface area (Å²) in [5.74, 6) is 1.14. The van der Waals surface area contributed by atoms with Gasteiger partial charge in [-0.2, -0.15) is 5.10 Å². The summed E-state index contributed by atoms with van der Waals surface area (Å²) in [4.78, 5) is 18.7. The van der Waals surface area contributed by atoms with Crippen LogP contribution in [0.5, 0.6) is 11.5 Å².